The standard InChI is InChI=1S/C15H14ClN3O4/c16-12-3-1-2-11(8-12)6-7-17-14(20)10-18-9-13(19(22)23)4-5-15(18)21/h1-5,8-9H,6-7,10H2,(H,17,20). The molecule has 0 aliphatic carbocycles. The van der Waals surface area contributed by atoms with Crippen LogP contribution in [0.4, 0.5) is 5.69 Å². The molecular formula is C15H14ClN3O4. The lowest BCUT2D eigenvalue weighted by Gasteiger charge is -2.07. The Morgan fingerprint density at radius 3 is 2.78 bits per heavy atom. The van der Waals surface area contributed by atoms with Crippen LogP contribution in [0.3, 0.4) is 0 Å². The van der Waals surface area contributed by atoms with Gasteiger partial charge in [0.2, 0.25) is 5.91 Å². The maximum Gasteiger partial charge on any atom is 0.285 e. The first-order chi connectivity index (χ1) is 11.0. The van der Waals surface area contributed by atoms with E-state index in [4.69, 9.17) is 11.6 Å². The molecule has 0 spiro atoms. The third kappa shape index (κ3) is 4.93. The second kappa shape index (κ2) is 7.55. The number of carbonyl (C=O) groups is 1. The van der Waals surface area contributed by atoms with Crippen molar-refractivity contribution in [3.63, 3.8) is 0 Å². The first-order valence-corrected chi connectivity index (χ1v) is 7.19. The summed E-state index contributed by atoms with van der Waals surface area (Å²) in [5.74, 6) is -0.394. The Balaban J connectivity index is 1.91. The van der Waals surface area contributed by atoms with Gasteiger partial charge in [-0.1, -0.05) is 23.7 Å². The number of halogens is 1. The van der Waals surface area contributed by atoms with E-state index in [9.17, 15) is 19.7 Å². The molecule has 2 aromatic rings. The Hall–Kier alpha value is -2.67. The van der Waals surface area contributed by atoms with Gasteiger partial charge in [-0.25, -0.2) is 0 Å². The van der Waals surface area contributed by atoms with Gasteiger partial charge in [0.05, 0.1) is 11.1 Å². The molecule has 0 radical (unpaired) electrons. The van der Waals surface area contributed by atoms with Crippen LogP contribution >= 0.6 is 11.6 Å². The molecule has 120 valence electrons. The smallest absolute Gasteiger partial charge is 0.285 e. The van der Waals surface area contributed by atoms with Gasteiger partial charge in [-0.3, -0.25) is 24.3 Å². The highest BCUT2D eigenvalue weighted by Crippen LogP contribution is 2.10. The van der Waals surface area contributed by atoms with Crippen molar-refractivity contribution < 1.29 is 9.72 Å². The minimum atomic E-state index is -0.618. The number of pyridine rings is 1. The van der Waals surface area contributed by atoms with Gasteiger partial charge in [-0.15, -0.1) is 0 Å². The maximum atomic E-state index is 11.8. The molecule has 1 aromatic carbocycles. The van der Waals surface area contributed by atoms with Crippen molar-refractivity contribution in [3.05, 3.63) is 73.6 Å². The minimum absolute atomic E-state index is 0.240. The van der Waals surface area contributed by atoms with Gasteiger partial charge in [-0.2, -0.15) is 0 Å². The van der Waals surface area contributed by atoms with Crippen molar-refractivity contribution in [2.45, 2.75) is 13.0 Å². The van der Waals surface area contributed by atoms with Crippen LogP contribution in [-0.4, -0.2) is 21.9 Å². The van der Waals surface area contributed by atoms with Crippen LogP contribution in [0.5, 0.6) is 0 Å². The van der Waals surface area contributed by atoms with Crippen LogP contribution in [0.15, 0.2) is 47.4 Å². The lowest BCUT2D eigenvalue weighted by atomic mass is 10.1. The summed E-state index contributed by atoms with van der Waals surface area (Å²) in [5, 5.41) is 14.0. The average Bonchev–Trinajstić information content (AvgIpc) is 2.49. The van der Waals surface area contributed by atoms with Crippen molar-refractivity contribution in [3.8, 4) is 0 Å². The fraction of sp³-hybridized carbons (Fsp3) is 0.200. The third-order valence-corrected chi connectivity index (χ3v) is 3.35. The average molecular weight is 336 g/mol. The first kappa shape index (κ1) is 16.7. The molecular weight excluding hydrogens is 322 g/mol. The van der Waals surface area contributed by atoms with Crippen LogP contribution in [-0.2, 0) is 17.8 Å². The summed E-state index contributed by atoms with van der Waals surface area (Å²) < 4.78 is 1.01. The Kier molecular flexibility index (Phi) is 5.48. The van der Waals surface area contributed by atoms with Crippen LogP contribution in [0.1, 0.15) is 5.56 Å². The summed E-state index contributed by atoms with van der Waals surface area (Å²) >= 11 is 5.87. The lowest BCUT2D eigenvalue weighted by Crippen LogP contribution is -2.33. The highest BCUT2D eigenvalue weighted by molar-refractivity contribution is 6.30. The van der Waals surface area contributed by atoms with E-state index < -0.39 is 16.4 Å². The number of carbonyl (C=O) groups excluding carboxylic acids is 1. The van der Waals surface area contributed by atoms with Gasteiger partial charge in [0.1, 0.15) is 6.54 Å². The molecule has 0 atom stereocenters. The van der Waals surface area contributed by atoms with Gasteiger partial charge in [0.25, 0.3) is 11.2 Å². The highest BCUT2D eigenvalue weighted by atomic mass is 35.5. The van der Waals surface area contributed by atoms with Gasteiger partial charge < -0.3 is 5.32 Å². The molecule has 0 aliphatic heterocycles. The van der Waals surface area contributed by atoms with Crippen LogP contribution in [0.25, 0.3) is 0 Å². The van der Waals surface area contributed by atoms with Crippen molar-refractivity contribution in [1.29, 1.82) is 0 Å². The lowest BCUT2D eigenvalue weighted by molar-refractivity contribution is -0.385. The quantitative estimate of drug-likeness (QED) is 0.643. The molecule has 0 aliphatic rings. The number of hydrogen-bond donors (Lipinski definition) is 1. The minimum Gasteiger partial charge on any atom is -0.354 e. The number of rotatable bonds is 6. The Labute approximate surface area is 136 Å². The van der Waals surface area contributed by atoms with Crippen molar-refractivity contribution in [1.82, 2.24) is 9.88 Å². The summed E-state index contributed by atoms with van der Waals surface area (Å²) in [6.07, 6.45) is 1.65. The largest absolute Gasteiger partial charge is 0.354 e. The molecule has 7 nitrogen and oxygen atoms in total. The predicted molar refractivity (Wildman–Crippen MR) is 85.5 cm³/mol. The molecule has 1 aromatic heterocycles. The number of hydrogen-bond acceptors (Lipinski definition) is 4. The second-order valence-corrected chi connectivity index (χ2v) is 5.28. The Morgan fingerprint density at radius 1 is 1.30 bits per heavy atom. The van der Waals surface area contributed by atoms with Crippen LogP contribution < -0.4 is 10.9 Å². The zero-order valence-electron chi connectivity index (χ0n) is 12.1. The molecule has 2 rings (SSSR count). The van der Waals surface area contributed by atoms with E-state index in [2.05, 4.69) is 5.32 Å². The summed E-state index contributed by atoms with van der Waals surface area (Å²) in [6.45, 7) is 0.110. The monoisotopic (exact) mass is 335 g/mol. The molecule has 0 unspecified atom stereocenters. The van der Waals surface area contributed by atoms with Gasteiger partial charge in [0.15, 0.2) is 0 Å². The van der Waals surface area contributed by atoms with E-state index in [1.807, 2.05) is 12.1 Å². The molecule has 1 N–H and O–H groups in total. The van der Waals surface area contributed by atoms with Crippen LogP contribution in [0, 0.1) is 10.1 Å². The van der Waals surface area contributed by atoms with Crippen molar-refractivity contribution in [2.75, 3.05) is 6.54 Å². The topological polar surface area (TPSA) is 94.2 Å². The number of nitrogens with zero attached hydrogens (tertiary/aromatic N) is 2. The normalized spacial score (nSPS) is 10.3. The highest BCUT2D eigenvalue weighted by Gasteiger charge is 2.10. The van der Waals surface area contributed by atoms with Gasteiger partial charge in [-0.05, 0) is 24.1 Å². The van der Waals surface area contributed by atoms with E-state index >= 15 is 0 Å². The van der Waals surface area contributed by atoms with Gasteiger partial charge in [0, 0.05) is 23.7 Å². The fourth-order valence-electron chi connectivity index (χ4n) is 2.00. The molecule has 23 heavy (non-hydrogen) atoms. The van der Waals surface area contributed by atoms with Crippen molar-refractivity contribution >= 4 is 23.2 Å². The number of aromatic nitrogens is 1. The zero-order chi connectivity index (χ0) is 16.8. The SMILES string of the molecule is O=C(Cn1cc([N+](=O)[O-])ccc1=O)NCCc1cccc(Cl)c1. The van der Waals surface area contributed by atoms with E-state index in [-0.39, 0.29) is 12.2 Å². The Morgan fingerprint density at radius 2 is 2.09 bits per heavy atom. The van der Waals surface area contributed by atoms with E-state index in [1.54, 1.807) is 12.1 Å². The first-order valence-electron chi connectivity index (χ1n) is 6.82. The summed E-state index contributed by atoms with van der Waals surface area (Å²) in [5.41, 5.74) is 0.266. The maximum absolute atomic E-state index is 11.8. The summed E-state index contributed by atoms with van der Waals surface area (Å²) in [6, 6.07) is 9.45. The fourth-order valence-corrected chi connectivity index (χ4v) is 2.21. The second-order valence-electron chi connectivity index (χ2n) is 4.84. The van der Waals surface area contributed by atoms with Gasteiger partial charge >= 0.3 is 0 Å². The number of amides is 1. The van der Waals surface area contributed by atoms with E-state index in [0.29, 0.717) is 18.0 Å². The molecule has 1 heterocycles. The number of nitrogens with one attached hydrogen (secondary N) is 1. The molecule has 1 amide bonds. The molecule has 0 saturated carbocycles. The zero-order valence-corrected chi connectivity index (χ0v) is 12.8. The van der Waals surface area contributed by atoms with E-state index in [1.165, 1.54) is 0 Å². The van der Waals surface area contributed by atoms with Crippen molar-refractivity contribution in [2.24, 2.45) is 0 Å². The summed E-state index contributed by atoms with van der Waals surface area (Å²) in [7, 11) is 0. The number of benzene rings is 1. The van der Waals surface area contributed by atoms with E-state index in [0.717, 1.165) is 28.5 Å². The number of nitro groups is 1. The molecule has 0 bridgehead atoms. The molecule has 0 saturated heterocycles. The summed E-state index contributed by atoms with van der Waals surface area (Å²) in [4.78, 5) is 33.5. The molecule has 8 heteroatoms. The molecule has 0 fully saturated rings. The third-order valence-electron chi connectivity index (χ3n) is 3.12. The predicted octanol–water partition coefficient (Wildman–Crippen LogP) is 1.77. The Bertz CT molecular complexity index is 788. The van der Waals surface area contributed by atoms with Crippen LogP contribution in [0.2, 0.25) is 5.02 Å².